The van der Waals surface area contributed by atoms with Crippen molar-refractivity contribution in [2.45, 2.75) is 0 Å². The summed E-state index contributed by atoms with van der Waals surface area (Å²) >= 11 is 5.39. The van der Waals surface area contributed by atoms with Crippen molar-refractivity contribution in [1.82, 2.24) is 0 Å². The van der Waals surface area contributed by atoms with Crippen molar-refractivity contribution in [3.63, 3.8) is 0 Å². The van der Waals surface area contributed by atoms with Gasteiger partial charge in [0.2, 0.25) is 0 Å². The Balaban J connectivity index is 0.00000256. The molecule has 1 aromatic rings. The zero-order valence-corrected chi connectivity index (χ0v) is 12.9. The summed E-state index contributed by atoms with van der Waals surface area (Å²) in [5.41, 5.74) is -0.977. The third-order valence-electron chi connectivity index (χ3n) is 1.78. The minimum atomic E-state index is -5.13. The van der Waals surface area contributed by atoms with Gasteiger partial charge in [0, 0.05) is 6.07 Å². The second-order valence-corrected chi connectivity index (χ2v) is 3.50. The van der Waals surface area contributed by atoms with Crippen molar-refractivity contribution >= 4 is 18.6 Å². The van der Waals surface area contributed by atoms with E-state index in [0.717, 1.165) is 6.07 Å². The molecule has 0 aromatic heterocycles. The molecule has 1 rings (SSSR count). The van der Waals surface area contributed by atoms with Crippen molar-refractivity contribution in [1.29, 1.82) is 0 Å². The van der Waals surface area contributed by atoms with Crippen LogP contribution >= 0.6 is 11.6 Å². The molecule has 17 heavy (non-hydrogen) atoms. The Kier molecular flexibility index (Phi) is 7.36. The van der Waals surface area contributed by atoms with Gasteiger partial charge in [-0.05, 0) is 12.1 Å². The van der Waals surface area contributed by atoms with E-state index in [-0.39, 0.29) is 62.2 Å². The Bertz CT molecular complexity index is 410. The standard InChI is InChI=1S/C9H7BClF4O.K/c1-6(10(13,14)15)5-16-7-2-3-8(11)9(12)4-7;/h2-4H,1,5H2;/q-1;+1. The van der Waals surface area contributed by atoms with Crippen LogP contribution in [0, 0.1) is 5.82 Å². The van der Waals surface area contributed by atoms with Gasteiger partial charge >= 0.3 is 58.4 Å². The van der Waals surface area contributed by atoms with Crippen molar-refractivity contribution in [3.05, 3.63) is 41.1 Å². The van der Waals surface area contributed by atoms with E-state index in [9.17, 15) is 17.3 Å². The number of hydrogen-bond donors (Lipinski definition) is 0. The van der Waals surface area contributed by atoms with Crippen LogP contribution in [0.2, 0.25) is 5.02 Å². The number of benzene rings is 1. The molecule has 0 spiro atoms. The molecule has 0 heterocycles. The Labute approximate surface area is 144 Å². The maximum Gasteiger partial charge on any atom is 1.00 e. The zero-order valence-electron chi connectivity index (χ0n) is 9.02. The Morgan fingerprint density at radius 2 is 1.94 bits per heavy atom. The minimum Gasteiger partial charge on any atom is -0.492 e. The van der Waals surface area contributed by atoms with E-state index < -0.39 is 24.9 Å². The van der Waals surface area contributed by atoms with Gasteiger partial charge in [-0.3, -0.25) is 0 Å². The van der Waals surface area contributed by atoms with Crippen molar-refractivity contribution in [2.75, 3.05) is 6.61 Å². The quantitative estimate of drug-likeness (QED) is 0.589. The van der Waals surface area contributed by atoms with Crippen LogP contribution in [0.15, 0.2) is 30.3 Å². The van der Waals surface area contributed by atoms with Gasteiger partial charge in [-0.2, -0.15) is 0 Å². The molecule has 0 bridgehead atoms. The van der Waals surface area contributed by atoms with Crippen LogP contribution in [0.5, 0.6) is 5.75 Å². The van der Waals surface area contributed by atoms with E-state index in [4.69, 9.17) is 16.3 Å². The van der Waals surface area contributed by atoms with Crippen LogP contribution in [0.25, 0.3) is 0 Å². The topological polar surface area (TPSA) is 9.23 Å². The van der Waals surface area contributed by atoms with Crippen molar-refractivity contribution in [2.24, 2.45) is 0 Å². The van der Waals surface area contributed by atoms with Gasteiger partial charge < -0.3 is 17.7 Å². The first-order valence-electron chi connectivity index (χ1n) is 4.26. The molecule has 0 radical (unpaired) electrons. The van der Waals surface area contributed by atoms with E-state index in [1.54, 1.807) is 0 Å². The number of ether oxygens (including phenoxy) is 1. The summed E-state index contributed by atoms with van der Waals surface area (Å²) in [6.07, 6.45) is 0. The number of hydrogen-bond acceptors (Lipinski definition) is 1. The van der Waals surface area contributed by atoms with Crippen molar-refractivity contribution in [3.8, 4) is 5.75 Å². The van der Waals surface area contributed by atoms with Gasteiger partial charge in [-0.25, -0.2) is 4.39 Å². The first-order chi connectivity index (χ1) is 7.30. The first kappa shape index (κ1) is 17.5. The molecule has 0 aliphatic carbocycles. The predicted octanol–water partition coefficient (Wildman–Crippen LogP) is 0.805. The average Bonchev–Trinajstić information content (AvgIpc) is 2.18. The molecular weight excluding hydrogens is 285 g/mol. The third-order valence-corrected chi connectivity index (χ3v) is 2.08. The van der Waals surface area contributed by atoms with Gasteiger partial charge in [0.15, 0.2) is 0 Å². The summed E-state index contributed by atoms with van der Waals surface area (Å²) in [5, 5.41) is -0.119. The maximum absolute atomic E-state index is 12.9. The number of halogens is 5. The molecule has 0 fully saturated rings. The molecular formula is C9H7BClF4KO. The summed E-state index contributed by atoms with van der Waals surface area (Å²) in [4.78, 5) is 0. The Morgan fingerprint density at radius 3 is 2.41 bits per heavy atom. The molecule has 0 unspecified atom stereocenters. The Morgan fingerprint density at radius 1 is 1.35 bits per heavy atom. The fourth-order valence-electron chi connectivity index (χ4n) is 0.837. The van der Waals surface area contributed by atoms with E-state index in [1.807, 2.05) is 0 Å². The smallest absolute Gasteiger partial charge is 0.492 e. The first-order valence-corrected chi connectivity index (χ1v) is 4.64. The molecule has 0 aliphatic rings. The van der Waals surface area contributed by atoms with E-state index in [1.165, 1.54) is 12.1 Å². The molecule has 1 nitrogen and oxygen atoms in total. The van der Waals surface area contributed by atoms with Crippen LogP contribution < -0.4 is 56.1 Å². The van der Waals surface area contributed by atoms with E-state index in [2.05, 4.69) is 6.58 Å². The second kappa shape index (κ2) is 7.16. The van der Waals surface area contributed by atoms with Crippen LogP contribution in [0.3, 0.4) is 0 Å². The van der Waals surface area contributed by atoms with E-state index >= 15 is 0 Å². The summed E-state index contributed by atoms with van der Waals surface area (Å²) in [5.74, 6) is -0.773. The van der Waals surface area contributed by atoms with Gasteiger partial charge in [0.25, 0.3) is 0 Å². The molecule has 0 saturated heterocycles. The molecule has 0 atom stereocenters. The molecule has 0 N–H and O–H groups in total. The molecule has 88 valence electrons. The third kappa shape index (κ3) is 5.76. The SMILES string of the molecule is C=C(COc1ccc(Cl)c(F)c1)[B-](F)(F)F.[K+]. The van der Waals surface area contributed by atoms with Gasteiger partial charge in [0.05, 0.1) is 11.6 Å². The van der Waals surface area contributed by atoms with E-state index in [0.29, 0.717) is 0 Å². The summed E-state index contributed by atoms with van der Waals surface area (Å²) < 4.78 is 53.9. The summed E-state index contributed by atoms with van der Waals surface area (Å²) in [7, 11) is 0. The summed E-state index contributed by atoms with van der Waals surface area (Å²) in [6.45, 7) is -3.00. The molecule has 0 amide bonds. The maximum atomic E-state index is 12.9. The van der Waals surface area contributed by atoms with Gasteiger partial charge in [-0.15, -0.1) is 12.1 Å². The van der Waals surface area contributed by atoms with Crippen LogP contribution in [0.1, 0.15) is 0 Å². The molecule has 0 saturated carbocycles. The number of rotatable bonds is 4. The van der Waals surface area contributed by atoms with Crippen LogP contribution in [-0.4, -0.2) is 13.6 Å². The molecule has 8 heteroatoms. The van der Waals surface area contributed by atoms with Gasteiger partial charge in [0.1, 0.15) is 11.6 Å². The average molecular weight is 293 g/mol. The predicted molar refractivity (Wildman–Crippen MR) is 55.1 cm³/mol. The van der Waals surface area contributed by atoms with Crippen molar-refractivity contribution < 1.29 is 73.5 Å². The fourth-order valence-corrected chi connectivity index (χ4v) is 0.955. The van der Waals surface area contributed by atoms with Crippen LogP contribution in [0.4, 0.5) is 17.3 Å². The normalized spacial score (nSPS) is 10.6. The fraction of sp³-hybridized carbons (Fsp3) is 0.111. The largest absolute Gasteiger partial charge is 1.00 e. The van der Waals surface area contributed by atoms with Gasteiger partial charge in [-0.1, -0.05) is 11.6 Å². The monoisotopic (exact) mass is 292 g/mol. The minimum absolute atomic E-state index is 0. The molecule has 1 aromatic carbocycles. The Hall–Kier alpha value is 0.471. The van der Waals surface area contributed by atoms with Crippen LogP contribution in [-0.2, 0) is 0 Å². The molecule has 0 aliphatic heterocycles. The second-order valence-electron chi connectivity index (χ2n) is 3.10. The summed E-state index contributed by atoms with van der Waals surface area (Å²) in [6, 6.07) is 3.40. The zero-order chi connectivity index (χ0) is 12.3.